The van der Waals surface area contributed by atoms with Crippen LogP contribution in [0.5, 0.6) is 0 Å². The van der Waals surface area contributed by atoms with Gasteiger partial charge >= 0.3 is 6.03 Å². The van der Waals surface area contributed by atoms with Gasteiger partial charge in [0.15, 0.2) is 0 Å². The molecule has 104 valence electrons. The van der Waals surface area contributed by atoms with E-state index >= 15 is 0 Å². The third kappa shape index (κ3) is 5.37. The number of aliphatic imine (C=N–C) groups is 1. The largest absolute Gasteiger partial charge is 0.351 e. The molecule has 0 saturated heterocycles. The first-order valence-electron chi connectivity index (χ1n) is 6.34. The first kappa shape index (κ1) is 14.9. The van der Waals surface area contributed by atoms with Crippen molar-refractivity contribution in [2.24, 2.45) is 16.6 Å². The van der Waals surface area contributed by atoms with Crippen LogP contribution in [0.4, 0.5) is 10.6 Å². The number of carbonyl (C=O) groups is 1. The number of nitrogens with one attached hydrogen (secondary N) is 2. The number of urea groups is 1. The maximum absolute atomic E-state index is 11.0. The van der Waals surface area contributed by atoms with Gasteiger partial charge in [0, 0.05) is 12.7 Å². The van der Waals surface area contributed by atoms with Gasteiger partial charge in [0.2, 0.25) is 5.96 Å². The lowest BCUT2D eigenvalue weighted by Crippen LogP contribution is -2.40. The van der Waals surface area contributed by atoms with E-state index in [0.29, 0.717) is 24.2 Å². The van der Waals surface area contributed by atoms with Crippen molar-refractivity contribution in [3.63, 3.8) is 0 Å². The Morgan fingerprint density at radius 1 is 1.53 bits per heavy atom. The van der Waals surface area contributed by atoms with Crippen LogP contribution in [0.1, 0.15) is 26.3 Å². The summed E-state index contributed by atoms with van der Waals surface area (Å²) in [5.74, 6) is 1.40. The number of hydrogen-bond acceptors (Lipinski definition) is 3. The first-order valence-corrected chi connectivity index (χ1v) is 6.34. The van der Waals surface area contributed by atoms with Gasteiger partial charge in [-0.15, -0.1) is 0 Å². The molecule has 1 rings (SSSR count). The fraction of sp³-hybridized carbons (Fsp3) is 0.462. The smallest absolute Gasteiger partial charge is 0.318 e. The highest BCUT2D eigenvalue weighted by Gasteiger charge is 2.07. The molecule has 6 heteroatoms. The van der Waals surface area contributed by atoms with E-state index in [2.05, 4.69) is 20.6 Å². The minimum Gasteiger partial charge on any atom is -0.351 e. The predicted octanol–water partition coefficient (Wildman–Crippen LogP) is 1.74. The summed E-state index contributed by atoms with van der Waals surface area (Å²) in [7, 11) is 0. The number of rotatable bonds is 4. The standard InChI is InChI=1S/C13H21N5O/c1-4-10-6-5-7-15-11(10)17-13(18-12(14)19)16-8-9(2)3/h5-7,9H,4,8H2,1-3H3,(H4,14,15,16,17,18,19). The number of carbonyl (C=O) groups excluding carboxylic acids is 1. The normalized spacial score (nSPS) is 11.5. The Balaban J connectivity index is 2.87. The van der Waals surface area contributed by atoms with Crippen LogP contribution in [-0.4, -0.2) is 23.5 Å². The summed E-state index contributed by atoms with van der Waals surface area (Å²) in [5, 5.41) is 5.48. The molecule has 0 spiro atoms. The zero-order valence-corrected chi connectivity index (χ0v) is 11.6. The number of aromatic nitrogens is 1. The minimum absolute atomic E-state index is 0.328. The monoisotopic (exact) mass is 263 g/mol. The second-order valence-electron chi connectivity index (χ2n) is 4.56. The number of amides is 2. The molecule has 0 saturated carbocycles. The Morgan fingerprint density at radius 2 is 2.26 bits per heavy atom. The topological polar surface area (TPSA) is 92.4 Å². The molecule has 0 aromatic carbocycles. The second kappa shape index (κ2) is 7.35. The van der Waals surface area contributed by atoms with Crippen LogP contribution in [0.25, 0.3) is 0 Å². The van der Waals surface area contributed by atoms with E-state index < -0.39 is 6.03 Å². The Morgan fingerprint density at radius 3 is 2.84 bits per heavy atom. The number of pyridine rings is 1. The van der Waals surface area contributed by atoms with Gasteiger partial charge < -0.3 is 11.1 Å². The Bertz CT molecular complexity index is 456. The van der Waals surface area contributed by atoms with Crippen molar-refractivity contribution in [3.05, 3.63) is 23.9 Å². The summed E-state index contributed by atoms with van der Waals surface area (Å²) >= 11 is 0. The van der Waals surface area contributed by atoms with Crippen molar-refractivity contribution in [2.45, 2.75) is 27.2 Å². The second-order valence-corrected chi connectivity index (χ2v) is 4.56. The van der Waals surface area contributed by atoms with Crippen LogP contribution >= 0.6 is 0 Å². The highest BCUT2D eigenvalue weighted by molar-refractivity contribution is 6.03. The van der Waals surface area contributed by atoms with E-state index in [0.717, 1.165) is 12.0 Å². The van der Waals surface area contributed by atoms with Crippen molar-refractivity contribution in [2.75, 3.05) is 11.9 Å². The molecule has 1 aromatic heterocycles. The number of primary amides is 1. The molecule has 0 unspecified atom stereocenters. The lowest BCUT2D eigenvalue weighted by Gasteiger charge is -2.12. The molecule has 4 N–H and O–H groups in total. The zero-order valence-electron chi connectivity index (χ0n) is 11.6. The number of aryl methyl sites for hydroxylation is 1. The van der Waals surface area contributed by atoms with Gasteiger partial charge in [0.05, 0.1) is 0 Å². The summed E-state index contributed by atoms with van der Waals surface area (Å²) in [6.07, 6.45) is 2.52. The fourth-order valence-electron chi connectivity index (χ4n) is 1.45. The number of guanidine groups is 1. The van der Waals surface area contributed by atoms with Crippen molar-refractivity contribution < 1.29 is 4.79 Å². The summed E-state index contributed by atoms with van der Waals surface area (Å²) in [5.41, 5.74) is 6.18. The Kier molecular flexibility index (Phi) is 5.78. The molecule has 6 nitrogen and oxygen atoms in total. The third-order valence-corrected chi connectivity index (χ3v) is 2.37. The van der Waals surface area contributed by atoms with Crippen LogP contribution in [-0.2, 0) is 6.42 Å². The fourth-order valence-corrected chi connectivity index (χ4v) is 1.45. The highest BCUT2D eigenvalue weighted by Crippen LogP contribution is 2.11. The maximum Gasteiger partial charge on any atom is 0.318 e. The van der Waals surface area contributed by atoms with Crippen LogP contribution in [0.3, 0.4) is 0 Å². The molecule has 0 aliphatic heterocycles. The van der Waals surface area contributed by atoms with E-state index in [9.17, 15) is 4.79 Å². The van der Waals surface area contributed by atoms with Gasteiger partial charge in [-0.2, -0.15) is 0 Å². The van der Waals surface area contributed by atoms with Crippen LogP contribution in [0, 0.1) is 5.92 Å². The predicted molar refractivity (Wildman–Crippen MR) is 77.1 cm³/mol. The molecule has 0 aliphatic rings. The molecule has 0 atom stereocenters. The molecule has 0 radical (unpaired) electrons. The van der Waals surface area contributed by atoms with Gasteiger partial charge in [-0.1, -0.05) is 26.8 Å². The average molecular weight is 263 g/mol. The molecule has 1 heterocycles. The SMILES string of the molecule is CCc1cccnc1NC(=NCC(C)C)NC(N)=O. The minimum atomic E-state index is -0.649. The summed E-state index contributed by atoms with van der Waals surface area (Å²) in [6, 6.07) is 3.19. The van der Waals surface area contributed by atoms with Gasteiger partial charge in [0.25, 0.3) is 0 Å². The van der Waals surface area contributed by atoms with E-state index in [-0.39, 0.29) is 0 Å². The van der Waals surface area contributed by atoms with Crippen molar-refractivity contribution in [1.29, 1.82) is 0 Å². The number of nitrogens with two attached hydrogens (primary N) is 1. The van der Waals surface area contributed by atoms with Gasteiger partial charge in [-0.05, 0) is 24.0 Å². The van der Waals surface area contributed by atoms with Crippen molar-refractivity contribution in [3.8, 4) is 0 Å². The molecule has 2 amide bonds. The Hall–Kier alpha value is -2.11. The lowest BCUT2D eigenvalue weighted by molar-refractivity contribution is 0.253. The van der Waals surface area contributed by atoms with E-state index in [1.807, 2.05) is 32.9 Å². The highest BCUT2D eigenvalue weighted by atomic mass is 16.2. The molecular formula is C13H21N5O. The van der Waals surface area contributed by atoms with E-state index in [1.165, 1.54) is 0 Å². The molecule has 19 heavy (non-hydrogen) atoms. The van der Waals surface area contributed by atoms with Crippen molar-refractivity contribution >= 4 is 17.8 Å². The van der Waals surface area contributed by atoms with E-state index in [4.69, 9.17) is 5.73 Å². The average Bonchev–Trinajstić information content (AvgIpc) is 2.36. The molecule has 0 bridgehead atoms. The van der Waals surface area contributed by atoms with Crippen LogP contribution in [0.15, 0.2) is 23.3 Å². The Labute approximate surface area is 113 Å². The van der Waals surface area contributed by atoms with Crippen molar-refractivity contribution in [1.82, 2.24) is 10.3 Å². The number of nitrogens with zero attached hydrogens (tertiary/aromatic N) is 2. The molecular weight excluding hydrogens is 242 g/mol. The summed E-state index contributed by atoms with van der Waals surface area (Å²) < 4.78 is 0. The van der Waals surface area contributed by atoms with Crippen LogP contribution in [0.2, 0.25) is 0 Å². The molecule has 1 aromatic rings. The van der Waals surface area contributed by atoms with Gasteiger partial charge in [-0.25, -0.2) is 9.78 Å². The molecule has 0 fully saturated rings. The van der Waals surface area contributed by atoms with E-state index in [1.54, 1.807) is 6.20 Å². The first-order chi connectivity index (χ1) is 9.02. The molecule has 0 aliphatic carbocycles. The zero-order chi connectivity index (χ0) is 14.3. The summed E-state index contributed by atoms with van der Waals surface area (Å²) in [6.45, 7) is 6.72. The maximum atomic E-state index is 11.0. The summed E-state index contributed by atoms with van der Waals surface area (Å²) in [4.78, 5) is 19.5. The quantitative estimate of drug-likeness (QED) is 0.570. The van der Waals surface area contributed by atoms with Gasteiger partial charge in [-0.3, -0.25) is 10.3 Å². The lowest BCUT2D eigenvalue weighted by atomic mass is 10.2. The van der Waals surface area contributed by atoms with Crippen LogP contribution < -0.4 is 16.4 Å². The third-order valence-electron chi connectivity index (χ3n) is 2.37. The number of anilines is 1. The number of hydrogen-bond donors (Lipinski definition) is 3. The van der Waals surface area contributed by atoms with Gasteiger partial charge in [0.1, 0.15) is 5.82 Å².